The van der Waals surface area contributed by atoms with Gasteiger partial charge in [-0.2, -0.15) is 0 Å². The van der Waals surface area contributed by atoms with E-state index in [9.17, 15) is 4.79 Å². The first-order valence-electron chi connectivity index (χ1n) is 8.73. The standard InChI is InChI=1S/C20H20N4OS/c25-20(19-5-3-11-24(19)12-17-4-1-2-10-21-17)23-16-8-6-15(7-9-16)18-13-26-14-22-18/h1-2,4,6-10,13-14,19H,3,5,11-12H2,(H,23,25)/t19-/m0/s1. The Balaban J connectivity index is 1.40. The van der Waals surface area contributed by atoms with Crippen LogP contribution >= 0.6 is 11.3 Å². The minimum absolute atomic E-state index is 0.0554. The highest BCUT2D eigenvalue weighted by Gasteiger charge is 2.30. The molecule has 1 amide bonds. The first-order chi connectivity index (χ1) is 12.8. The normalized spacial score (nSPS) is 17.3. The molecular weight excluding hydrogens is 344 g/mol. The van der Waals surface area contributed by atoms with E-state index in [-0.39, 0.29) is 11.9 Å². The van der Waals surface area contributed by atoms with E-state index in [4.69, 9.17) is 0 Å². The molecule has 0 bridgehead atoms. The second-order valence-electron chi connectivity index (χ2n) is 6.39. The van der Waals surface area contributed by atoms with E-state index in [2.05, 4.69) is 20.2 Å². The van der Waals surface area contributed by atoms with E-state index >= 15 is 0 Å². The zero-order valence-electron chi connectivity index (χ0n) is 14.3. The molecule has 1 aliphatic heterocycles. The highest BCUT2D eigenvalue weighted by molar-refractivity contribution is 7.07. The maximum absolute atomic E-state index is 12.7. The van der Waals surface area contributed by atoms with Crippen LogP contribution in [-0.2, 0) is 11.3 Å². The van der Waals surface area contributed by atoms with Crippen molar-refractivity contribution in [3.8, 4) is 11.3 Å². The zero-order valence-corrected chi connectivity index (χ0v) is 15.2. The van der Waals surface area contributed by atoms with Crippen LogP contribution in [0.3, 0.4) is 0 Å². The molecular formula is C20H20N4OS. The average molecular weight is 364 g/mol. The number of amides is 1. The molecule has 1 saturated heterocycles. The second kappa shape index (κ2) is 7.76. The zero-order chi connectivity index (χ0) is 17.8. The van der Waals surface area contributed by atoms with Crippen LogP contribution in [0.1, 0.15) is 18.5 Å². The molecule has 5 nitrogen and oxygen atoms in total. The molecule has 1 fully saturated rings. The van der Waals surface area contributed by atoms with Gasteiger partial charge in [0.15, 0.2) is 0 Å². The Morgan fingerprint density at radius 2 is 2.08 bits per heavy atom. The third-order valence-corrected chi connectivity index (χ3v) is 5.22. The number of hydrogen-bond acceptors (Lipinski definition) is 5. The highest BCUT2D eigenvalue weighted by Crippen LogP contribution is 2.23. The lowest BCUT2D eigenvalue weighted by Crippen LogP contribution is -2.39. The van der Waals surface area contributed by atoms with Crippen molar-refractivity contribution in [1.29, 1.82) is 0 Å². The summed E-state index contributed by atoms with van der Waals surface area (Å²) in [5, 5.41) is 5.07. The van der Waals surface area contributed by atoms with Crippen molar-refractivity contribution in [2.24, 2.45) is 0 Å². The fourth-order valence-electron chi connectivity index (χ4n) is 3.32. The Kier molecular flexibility index (Phi) is 5.04. The van der Waals surface area contributed by atoms with E-state index in [0.29, 0.717) is 6.54 Å². The first-order valence-corrected chi connectivity index (χ1v) is 9.67. The van der Waals surface area contributed by atoms with Gasteiger partial charge in [0.2, 0.25) is 5.91 Å². The van der Waals surface area contributed by atoms with Gasteiger partial charge in [-0.05, 0) is 43.7 Å². The summed E-state index contributed by atoms with van der Waals surface area (Å²) >= 11 is 1.58. The van der Waals surface area contributed by atoms with Gasteiger partial charge in [-0.1, -0.05) is 18.2 Å². The van der Waals surface area contributed by atoms with Gasteiger partial charge in [-0.3, -0.25) is 14.7 Å². The van der Waals surface area contributed by atoms with Crippen molar-refractivity contribution in [3.63, 3.8) is 0 Å². The summed E-state index contributed by atoms with van der Waals surface area (Å²) in [4.78, 5) is 23.6. The van der Waals surface area contributed by atoms with Gasteiger partial charge in [0.1, 0.15) is 0 Å². The number of benzene rings is 1. The second-order valence-corrected chi connectivity index (χ2v) is 7.11. The molecule has 0 saturated carbocycles. The van der Waals surface area contributed by atoms with Gasteiger partial charge < -0.3 is 5.32 Å². The number of anilines is 1. The number of aromatic nitrogens is 2. The van der Waals surface area contributed by atoms with Crippen LogP contribution in [0.15, 0.2) is 59.6 Å². The Hall–Kier alpha value is -2.57. The fraction of sp³-hybridized carbons (Fsp3) is 0.250. The van der Waals surface area contributed by atoms with Gasteiger partial charge >= 0.3 is 0 Å². The number of nitrogens with one attached hydrogen (secondary N) is 1. The van der Waals surface area contributed by atoms with Gasteiger partial charge in [0.05, 0.1) is 22.9 Å². The Bertz CT molecular complexity index is 849. The number of hydrogen-bond donors (Lipinski definition) is 1. The quantitative estimate of drug-likeness (QED) is 0.748. The van der Waals surface area contributed by atoms with Gasteiger partial charge in [-0.15, -0.1) is 11.3 Å². The molecule has 1 N–H and O–H groups in total. The number of pyridine rings is 1. The molecule has 0 unspecified atom stereocenters. The Labute approximate surface area is 156 Å². The van der Waals surface area contributed by atoms with E-state index in [0.717, 1.165) is 42.0 Å². The van der Waals surface area contributed by atoms with E-state index < -0.39 is 0 Å². The summed E-state index contributed by atoms with van der Waals surface area (Å²) in [6, 6.07) is 13.6. The summed E-state index contributed by atoms with van der Waals surface area (Å²) in [6.07, 6.45) is 3.72. The summed E-state index contributed by atoms with van der Waals surface area (Å²) < 4.78 is 0. The molecule has 0 radical (unpaired) electrons. The fourth-order valence-corrected chi connectivity index (χ4v) is 3.88. The number of carbonyl (C=O) groups excluding carboxylic acids is 1. The predicted molar refractivity (Wildman–Crippen MR) is 104 cm³/mol. The summed E-state index contributed by atoms with van der Waals surface area (Å²) in [7, 11) is 0. The molecule has 0 spiro atoms. The largest absolute Gasteiger partial charge is 0.325 e. The minimum Gasteiger partial charge on any atom is -0.325 e. The third-order valence-electron chi connectivity index (χ3n) is 4.64. The van der Waals surface area contributed by atoms with E-state index in [1.807, 2.05) is 53.4 Å². The van der Waals surface area contributed by atoms with Crippen LogP contribution in [-0.4, -0.2) is 33.4 Å². The van der Waals surface area contributed by atoms with Crippen molar-refractivity contribution in [2.75, 3.05) is 11.9 Å². The van der Waals surface area contributed by atoms with Crippen molar-refractivity contribution in [1.82, 2.24) is 14.9 Å². The SMILES string of the molecule is O=C(Nc1ccc(-c2cscn2)cc1)[C@@H]1CCCN1Cc1ccccn1. The van der Waals surface area contributed by atoms with Crippen molar-refractivity contribution < 1.29 is 4.79 Å². The number of thiazole rings is 1. The molecule has 1 atom stereocenters. The number of carbonyl (C=O) groups is 1. The van der Waals surface area contributed by atoms with E-state index in [1.54, 1.807) is 17.5 Å². The van der Waals surface area contributed by atoms with Crippen LogP contribution in [0.2, 0.25) is 0 Å². The van der Waals surface area contributed by atoms with Gasteiger partial charge in [0, 0.05) is 29.4 Å². The summed E-state index contributed by atoms with van der Waals surface area (Å²) in [6.45, 7) is 1.64. The molecule has 26 heavy (non-hydrogen) atoms. The molecule has 0 aliphatic carbocycles. The van der Waals surface area contributed by atoms with Crippen LogP contribution in [0.5, 0.6) is 0 Å². The highest BCUT2D eigenvalue weighted by atomic mass is 32.1. The molecule has 3 heterocycles. The lowest BCUT2D eigenvalue weighted by Gasteiger charge is -2.23. The molecule has 132 valence electrons. The maximum Gasteiger partial charge on any atom is 0.241 e. The third kappa shape index (κ3) is 3.81. The first kappa shape index (κ1) is 16.9. The number of nitrogens with zero attached hydrogens (tertiary/aromatic N) is 3. The van der Waals surface area contributed by atoms with Crippen LogP contribution in [0.4, 0.5) is 5.69 Å². The molecule has 1 aromatic carbocycles. The van der Waals surface area contributed by atoms with Crippen LogP contribution in [0, 0.1) is 0 Å². The molecule has 3 aromatic rings. The van der Waals surface area contributed by atoms with Crippen molar-refractivity contribution in [2.45, 2.75) is 25.4 Å². The lowest BCUT2D eigenvalue weighted by atomic mass is 10.1. The number of rotatable bonds is 5. The van der Waals surface area contributed by atoms with Crippen molar-refractivity contribution in [3.05, 3.63) is 65.2 Å². The predicted octanol–water partition coefficient (Wildman–Crippen LogP) is 3.81. The summed E-state index contributed by atoms with van der Waals surface area (Å²) in [5.41, 5.74) is 5.66. The monoisotopic (exact) mass is 364 g/mol. The Morgan fingerprint density at radius 1 is 1.19 bits per heavy atom. The maximum atomic E-state index is 12.7. The topological polar surface area (TPSA) is 58.1 Å². The van der Waals surface area contributed by atoms with E-state index in [1.165, 1.54) is 0 Å². The van der Waals surface area contributed by atoms with Crippen LogP contribution < -0.4 is 5.32 Å². The lowest BCUT2D eigenvalue weighted by molar-refractivity contribution is -0.120. The molecule has 6 heteroatoms. The van der Waals surface area contributed by atoms with Gasteiger partial charge in [-0.25, -0.2) is 4.98 Å². The van der Waals surface area contributed by atoms with Crippen molar-refractivity contribution >= 4 is 22.9 Å². The molecule has 1 aliphatic rings. The summed E-state index contributed by atoms with van der Waals surface area (Å²) in [5.74, 6) is 0.0554. The molecule has 2 aromatic heterocycles. The smallest absolute Gasteiger partial charge is 0.241 e. The molecule has 4 rings (SSSR count). The average Bonchev–Trinajstić information content (AvgIpc) is 3.35. The minimum atomic E-state index is -0.102. The van der Waals surface area contributed by atoms with Crippen LogP contribution in [0.25, 0.3) is 11.3 Å². The Morgan fingerprint density at radius 3 is 2.81 bits per heavy atom. The number of likely N-dealkylation sites (tertiary alicyclic amines) is 1. The van der Waals surface area contributed by atoms with Gasteiger partial charge in [0.25, 0.3) is 0 Å².